The average molecular weight is 385 g/mol. The van der Waals surface area contributed by atoms with Crippen LogP contribution in [0.1, 0.15) is 23.1 Å². The summed E-state index contributed by atoms with van der Waals surface area (Å²) in [4.78, 5) is 2.30. The van der Waals surface area contributed by atoms with Crippen molar-refractivity contribution in [2.75, 3.05) is 18.6 Å². The largest absolute Gasteiger partial charge is 0.497 e. The predicted octanol–water partition coefficient (Wildman–Crippen LogP) is 3.92. The van der Waals surface area contributed by atoms with E-state index >= 15 is 0 Å². The molecule has 0 spiro atoms. The van der Waals surface area contributed by atoms with Crippen LogP contribution in [0, 0.1) is 0 Å². The van der Waals surface area contributed by atoms with E-state index in [4.69, 9.17) is 4.74 Å². The van der Waals surface area contributed by atoms with Gasteiger partial charge in [-0.1, -0.05) is 48.5 Å². The Balaban J connectivity index is 1.63. The third-order valence-electron chi connectivity index (χ3n) is 6.08. The van der Waals surface area contributed by atoms with Gasteiger partial charge < -0.3 is 9.84 Å². The minimum atomic E-state index is -1.10. The molecule has 0 bridgehead atoms. The lowest BCUT2D eigenvalue weighted by Gasteiger charge is -2.24. The number of para-hydroxylation sites is 1. The Labute approximate surface area is 171 Å². The van der Waals surface area contributed by atoms with E-state index < -0.39 is 5.72 Å². The first-order valence-electron chi connectivity index (χ1n) is 10.1. The number of benzene rings is 3. The van der Waals surface area contributed by atoms with Crippen LogP contribution in [0.4, 0.5) is 5.69 Å². The minimum Gasteiger partial charge on any atom is -0.497 e. The maximum atomic E-state index is 12.0. The number of fused-ring (bicyclic) bond motifs is 3. The molecule has 4 heteroatoms. The third-order valence-corrected chi connectivity index (χ3v) is 6.08. The summed E-state index contributed by atoms with van der Waals surface area (Å²) in [5.41, 5.74) is 3.52. The lowest BCUT2D eigenvalue weighted by atomic mass is 10.00. The van der Waals surface area contributed by atoms with Crippen LogP contribution in [0.15, 0.2) is 78.9 Å². The quantitative estimate of drug-likeness (QED) is 0.692. The number of ether oxygens (including phenoxy) is 1. The van der Waals surface area contributed by atoms with E-state index in [-0.39, 0.29) is 0 Å². The number of hydrogen-bond acceptors (Lipinski definition) is 3. The second-order valence-corrected chi connectivity index (χ2v) is 7.75. The molecule has 0 saturated heterocycles. The van der Waals surface area contributed by atoms with Crippen molar-refractivity contribution in [2.45, 2.75) is 25.1 Å². The van der Waals surface area contributed by atoms with Gasteiger partial charge in [0.05, 0.1) is 13.5 Å². The Kier molecular flexibility index (Phi) is 4.36. The van der Waals surface area contributed by atoms with Crippen LogP contribution in [0.2, 0.25) is 0 Å². The Hall–Kier alpha value is -3.11. The Morgan fingerprint density at radius 1 is 0.931 bits per heavy atom. The molecule has 1 atom stereocenters. The highest BCUT2D eigenvalue weighted by atomic mass is 16.5. The molecule has 0 unspecified atom stereocenters. The number of aryl methyl sites for hydroxylation is 1. The number of nitrogens with zero attached hydrogens (tertiary/aromatic N) is 2. The van der Waals surface area contributed by atoms with E-state index in [1.54, 1.807) is 7.11 Å². The van der Waals surface area contributed by atoms with Gasteiger partial charge >= 0.3 is 0 Å². The number of amidine groups is 1. The molecule has 1 N–H and O–H groups in total. The second-order valence-electron chi connectivity index (χ2n) is 7.75. The maximum absolute atomic E-state index is 12.0. The van der Waals surface area contributed by atoms with Gasteiger partial charge in [-0.15, -0.1) is 0 Å². The van der Waals surface area contributed by atoms with Gasteiger partial charge in [0.25, 0.3) is 11.6 Å². The fourth-order valence-electron chi connectivity index (χ4n) is 4.58. The summed E-state index contributed by atoms with van der Waals surface area (Å²) < 4.78 is 7.50. The molecule has 3 aromatic carbocycles. The molecule has 2 aliphatic heterocycles. The van der Waals surface area contributed by atoms with Crippen molar-refractivity contribution in [1.29, 1.82) is 0 Å². The van der Waals surface area contributed by atoms with E-state index in [0.717, 1.165) is 24.2 Å². The zero-order valence-corrected chi connectivity index (χ0v) is 16.6. The molecule has 4 nitrogen and oxygen atoms in total. The van der Waals surface area contributed by atoms with Crippen LogP contribution in [0.3, 0.4) is 0 Å². The van der Waals surface area contributed by atoms with E-state index in [0.29, 0.717) is 13.1 Å². The van der Waals surface area contributed by atoms with Gasteiger partial charge in [-0.05, 0) is 47.9 Å². The third kappa shape index (κ3) is 3.00. The fraction of sp³-hybridized carbons (Fsp3) is 0.240. The number of methoxy groups -OCH3 is 1. The Morgan fingerprint density at radius 3 is 2.41 bits per heavy atom. The van der Waals surface area contributed by atoms with E-state index in [9.17, 15) is 5.11 Å². The van der Waals surface area contributed by atoms with Crippen LogP contribution in [-0.2, 0) is 18.7 Å². The molecule has 0 aliphatic carbocycles. The van der Waals surface area contributed by atoms with E-state index in [1.807, 2.05) is 30.3 Å². The summed E-state index contributed by atoms with van der Waals surface area (Å²) in [7, 11) is 1.66. The summed E-state index contributed by atoms with van der Waals surface area (Å²) in [6.07, 6.45) is 1.91. The Bertz CT molecular complexity index is 1060. The first kappa shape index (κ1) is 18.0. The number of anilines is 1. The van der Waals surface area contributed by atoms with Crippen molar-refractivity contribution in [3.8, 4) is 5.75 Å². The molecule has 5 rings (SSSR count). The zero-order valence-electron chi connectivity index (χ0n) is 16.6. The second kappa shape index (κ2) is 7.05. The van der Waals surface area contributed by atoms with Gasteiger partial charge in [-0.2, -0.15) is 0 Å². The van der Waals surface area contributed by atoms with Crippen molar-refractivity contribution >= 4 is 11.5 Å². The van der Waals surface area contributed by atoms with Crippen LogP contribution in [0.25, 0.3) is 0 Å². The molecule has 2 aliphatic rings. The summed E-state index contributed by atoms with van der Waals surface area (Å²) >= 11 is 0. The smallest absolute Gasteiger partial charge is 0.271 e. The monoisotopic (exact) mass is 385 g/mol. The molecular weight excluding hydrogens is 360 g/mol. The van der Waals surface area contributed by atoms with E-state index in [2.05, 4.69) is 58.0 Å². The van der Waals surface area contributed by atoms with Crippen LogP contribution < -0.4 is 9.64 Å². The lowest BCUT2D eigenvalue weighted by molar-refractivity contribution is -0.671. The van der Waals surface area contributed by atoms with Gasteiger partial charge in [0.1, 0.15) is 18.0 Å². The van der Waals surface area contributed by atoms with Crippen LogP contribution in [-0.4, -0.2) is 29.2 Å². The lowest BCUT2D eigenvalue weighted by Crippen LogP contribution is -2.40. The van der Waals surface area contributed by atoms with Crippen LogP contribution in [0.5, 0.6) is 5.75 Å². The highest BCUT2D eigenvalue weighted by Gasteiger charge is 2.53. The van der Waals surface area contributed by atoms with Crippen molar-refractivity contribution < 1.29 is 14.4 Å². The summed E-state index contributed by atoms with van der Waals surface area (Å²) in [6.45, 7) is 1.18. The molecule has 0 radical (unpaired) electrons. The van der Waals surface area contributed by atoms with Gasteiger partial charge in [-0.3, -0.25) is 0 Å². The van der Waals surface area contributed by atoms with Gasteiger partial charge in [-0.25, -0.2) is 9.48 Å². The molecule has 0 aromatic heterocycles. The molecule has 29 heavy (non-hydrogen) atoms. The van der Waals surface area contributed by atoms with Crippen molar-refractivity contribution in [3.63, 3.8) is 0 Å². The van der Waals surface area contributed by atoms with Gasteiger partial charge in [0.15, 0.2) is 6.54 Å². The van der Waals surface area contributed by atoms with Crippen molar-refractivity contribution in [1.82, 2.24) is 0 Å². The molecule has 0 fully saturated rings. The molecule has 0 saturated carbocycles. The highest BCUT2D eigenvalue weighted by molar-refractivity contribution is 5.98. The average Bonchev–Trinajstić information content (AvgIpc) is 3.07. The van der Waals surface area contributed by atoms with Crippen LogP contribution >= 0.6 is 0 Å². The normalized spacial score (nSPS) is 20.4. The highest BCUT2D eigenvalue weighted by Crippen LogP contribution is 2.39. The topological polar surface area (TPSA) is 35.7 Å². The number of rotatable bonds is 4. The molecule has 2 heterocycles. The SMILES string of the molecule is COc1ccc([C@]2(O)CN3C(=[N+]2Cc2ccccc2)CCc2ccccc23)cc1. The predicted molar refractivity (Wildman–Crippen MR) is 114 cm³/mol. The standard InChI is InChI=1S/C25H25N2O2/c1-29-22-14-12-21(13-15-22)25(28)18-26-23-10-6-5-9-20(23)11-16-24(26)27(25)17-19-7-3-2-4-8-19/h2-10,12-15,28H,11,16-18H2,1H3/q+1/t25-/m1/s1. The summed E-state index contributed by atoms with van der Waals surface area (Å²) in [5, 5.41) is 12.0. The molecular formula is C25H25N2O2+. The summed E-state index contributed by atoms with van der Waals surface area (Å²) in [6, 6.07) is 26.7. The molecule has 3 aromatic rings. The Morgan fingerprint density at radius 2 is 1.66 bits per heavy atom. The number of aliphatic hydroxyl groups is 1. The zero-order chi connectivity index (χ0) is 19.8. The first-order chi connectivity index (χ1) is 14.2. The fourth-order valence-corrected chi connectivity index (χ4v) is 4.58. The molecule has 146 valence electrons. The summed E-state index contributed by atoms with van der Waals surface area (Å²) in [5.74, 6) is 1.98. The maximum Gasteiger partial charge on any atom is 0.271 e. The minimum absolute atomic E-state index is 0.512. The van der Waals surface area contributed by atoms with Gasteiger partial charge in [0.2, 0.25) is 0 Å². The van der Waals surface area contributed by atoms with Crippen molar-refractivity contribution in [2.24, 2.45) is 0 Å². The van der Waals surface area contributed by atoms with E-state index in [1.165, 1.54) is 22.6 Å². The number of hydrogen-bond donors (Lipinski definition) is 1. The first-order valence-corrected chi connectivity index (χ1v) is 10.1. The molecule has 0 amide bonds. The van der Waals surface area contributed by atoms with Gasteiger partial charge in [0, 0.05) is 5.56 Å². The van der Waals surface area contributed by atoms with Crippen molar-refractivity contribution in [3.05, 3.63) is 95.6 Å².